The predicted octanol–water partition coefficient (Wildman–Crippen LogP) is 6.47. The Hall–Kier alpha value is -4.09. The molecule has 3 amide bonds. The fourth-order valence-electron chi connectivity index (χ4n) is 3.51. The van der Waals surface area contributed by atoms with Gasteiger partial charge in [-0.15, -0.1) is 11.3 Å². The van der Waals surface area contributed by atoms with Gasteiger partial charge in [0.15, 0.2) is 0 Å². The first-order chi connectivity index (χ1) is 19.0. The molecule has 1 heterocycles. The number of carbonyl (C=O) groups is 4. The molecule has 3 aromatic rings. The first-order valence-corrected chi connectivity index (χ1v) is 13.8. The maximum atomic E-state index is 13.3. The van der Waals surface area contributed by atoms with Gasteiger partial charge in [-0.05, 0) is 83.5 Å². The Labute approximate surface area is 247 Å². The number of nitrogen functional groups attached to an aromatic ring is 1. The van der Waals surface area contributed by atoms with E-state index in [4.69, 9.17) is 26.8 Å². The molecule has 0 aliphatic rings. The number of anilines is 3. The van der Waals surface area contributed by atoms with E-state index in [2.05, 4.69) is 16.0 Å². The predicted molar refractivity (Wildman–Crippen MR) is 161 cm³/mol. The van der Waals surface area contributed by atoms with Crippen LogP contribution in [0.4, 0.5) is 21.9 Å². The topological polar surface area (TPSA) is 149 Å². The van der Waals surface area contributed by atoms with Crippen LogP contribution in [0.1, 0.15) is 77.5 Å². The average Bonchev–Trinajstić information content (AvgIpc) is 3.28. The molecule has 0 spiro atoms. The van der Waals surface area contributed by atoms with Gasteiger partial charge in [0.1, 0.15) is 11.2 Å². The summed E-state index contributed by atoms with van der Waals surface area (Å²) in [7, 11) is 0. The zero-order chi connectivity index (χ0) is 30.5. The van der Waals surface area contributed by atoms with Gasteiger partial charge in [0.25, 0.3) is 11.8 Å². The van der Waals surface area contributed by atoms with Crippen LogP contribution in [0.15, 0.2) is 48.5 Å². The monoisotopic (exact) mass is 600 g/mol. The van der Waals surface area contributed by atoms with Crippen LogP contribution >= 0.6 is 22.9 Å². The van der Waals surface area contributed by atoms with Crippen molar-refractivity contribution < 1.29 is 28.7 Å². The standard InChI is InChI=1S/C29H33ClN4O6S/c1-28(2,3)39-26(37)18-9-7-8-17(15-32-25(36)21-12-13-22(30)41-21)23(18)34-24(35)16-10-11-20(19(31)14-16)33-27(38)40-29(4,5)6/h7-14H,15,31H2,1-6H3,(H,32,36)(H,33,38)(H,34,35). The Morgan fingerprint density at radius 2 is 1.56 bits per heavy atom. The summed E-state index contributed by atoms with van der Waals surface area (Å²) in [6.07, 6.45) is -0.691. The van der Waals surface area contributed by atoms with Gasteiger partial charge >= 0.3 is 12.1 Å². The van der Waals surface area contributed by atoms with Crippen molar-refractivity contribution in [3.8, 4) is 0 Å². The summed E-state index contributed by atoms with van der Waals surface area (Å²) in [4.78, 5) is 51.6. The fourth-order valence-corrected chi connectivity index (χ4v) is 4.47. The summed E-state index contributed by atoms with van der Waals surface area (Å²) in [5, 5.41) is 8.11. The zero-order valence-electron chi connectivity index (χ0n) is 23.6. The lowest BCUT2D eigenvalue weighted by molar-refractivity contribution is 0.00703. The van der Waals surface area contributed by atoms with E-state index in [1.54, 1.807) is 65.8 Å². The lowest BCUT2D eigenvalue weighted by Gasteiger charge is -2.22. The maximum absolute atomic E-state index is 13.3. The zero-order valence-corrected chi connectivity index (χ0v) is 25.2. The fraction of sp³-hybridized carbons (Fsp3) is 0.310. The van der Waals surface area contributed by atoms with Gasteiger partial charge in [-0.3, -0.25) is 14.9 Å². The number of hydrogen-bond acceptors (Lipinski definition) is 8. The number of esters is 1. The number of nitrogens with one attached hydrogen (secondary N) is 3. The van der Waals surface area contributed by atoms with Crippen molar-refractivity contribution in [2.24, 2.45) is 0 Å². The van der Waals surface area contributed by atoms with Crippen molar-refractivity contribution in [2.75, 3.05) is 16.4 Å². The SMILES string of the molecule is CC(C)(C)OC(=O)Nc1ccc(C(=O)Nc2c(CNC(=O)c3ccc(Cl)s3)cccc2C(=O)OC(C)(C)C)cc1N. The molecule has 12 heteroatoms. The number of rotatable bonds is 7. The van der Waals surface area contributed by atoms with Crippen LogP contribution in [-0.2, 0) is 16.0 Å². The lowest BCUT2D eigenvalue weighted by Crippen LogP contribution is -2.27. The summed E-state index contributed by atoms with van der Waals surface area (Å²) in [5.74, 6) is -1.58. The highest BCUT2D eigenvalue weighted by atomic mass is 35.5. The van der Waals surface area contributed by atoms with Crippen LogP contribution < -0.4 is 21.7 Å². The number of ether oxygens (including phenoxy) is 2. The number of thiophene rings is 1. The Bertz CT molecular complexity index is 1470. The third kappa shape index (κ3) is 9.22. The van der Waals surface area contributed by atoms with E-state index in [0.717, 1.165) is 11.3 Å². The highest BCUT2D eigenvalue weighted by molar-refractivity contribution is 7.18. The second-order valence-corrected chi connectivity index (χ2v) is 12.7. The number of halogens is 1. The van der Waals surface area contributed by atoms with Crippen molar-refractivity contribution in [1.82, 2.24) is 5.32 Å². The third-order valence-corrected chi connectivity index (χ3v) is 6.42. The van der Waals surface area contributed by atoms with Gasteiger partial charge in [0.2, 0.25) is 0 Å². The molecule has 0 fully saturated rings. The highest BCUT2D eigenvalue weighted by Crippen LogP contribution is 2.27. The summed E-state index contributed by atoms with van der Waals surface area (Å²) >= 11 is 7.08. The molecule has 2 aromatic carbocycles. The van der Waals surface area contributed by atoms with Gasteiger partial charge in [0, 0.05) is 12.1 Å². The first kappa shape index (κ1) is 31.4. The summed E-state index contributed by atoms with van der Waals surface area (Å²) < 4.78 is 11.3. The number of hydrogen-bond donors (Lipinski definition) is 4. The van der Waals surface area contributed by atoms with Gasteiger partial charge < -0.3 is 25.8 Å². The molecule has 218 valence electrons. The normalized spacial score (nSPS) is 11.4. The summed E-state index contributed by atoms with van der Waals surface area (Å²) in [6, 6.07) is 12.4. The molecule has 0 bridgehead atoms. The molecule has 0 aliphatic carbocycles. The molecule has 10 nitrogen and oxygen atoms in total. The molecular weight excluding hydrogens is 568 g/mol. The Balaban J connectivity index is 1.88. The minimum Gasteiger partial charge on any atom is -0.456 e. The molecule has 0 aliphatic heterocycles. The first-order valence-electron chi connectivity index (χ1n) is 12.6. The van der Waals surface area contributed by atoms with Crippen molar-refractivity contribution in [3.05, 3.63) is 74.4 Å². The van der Waals surface area contributed by atoms with E-state index in [-0.39, 0.29) is 40.6 Å². The van der Waals surface area contributed by atoms with E-state index in [0.29, 0.717) is 14.8 Å². The molecule has 5 N–H and O–H groups in total. The van der Waals surface area contributed by atoms with Crippen LogP contribution in [0.2, 0.25) is 4.34 Å². The molecule has 0 unspecified atom stereocenters. The molecule has 41 heavy (non-hydrogen) atoms. The number of nitrogens with two attached hydrogens (primary N) is 1. The number of para-hydroxylation sites is 1. The molecule has 0 saturated carbocycles. The van der Waals surface area contributed by atoms with E-state index in [9.17, 15) is 19.2 Å². The van der Waals surface area contributed by atoms with E-state index < -0.39 is 29.2 Å². The van der Waals surface area contributed by atoms with Crippen LogP contribution in [0.5, 0.6) is 0 Å². The van der Waals surface area contributed by atoms with Gasteiger partial charge in [-0.1, -0.05) is 23.7 Å². The molecule has 3 rings (SSSR count). The quantitative estimate of drug-likeness (QED) is 0.179. The smallest absolute Gasteiger partial charge is 0.412 e. The van der Waals surface area contributed by atoms with Gasteiger partial charge in [0.05, 0.1) is 31.8 Å². The minimum atomic E-state index is -0.785. The Kier molecular flexibility index (Phi) is 9.67. The largest absolute Gasteiger partial charge is 0.456 e. The van der Waals surface area contributed by atoms with Crippen LogP contribution in [0.3, 0.4) is 0 Å². The van der Waals surface area contributed by atoms with E-state index in [1.807, 2.05) is 0 Å². The number of carbonyl (C=O) groups excluding carboxylic acids is 4. The highest BCUT2D eigenvalue weighted by Gasteiger charge is 2.24. The Morgan fingerprint density at radius 3 is 2.15 bits per heavy atom. The number of benzene rings is 2. The Morgan fingerprint density at radius 1 is 0.878 bits per heavy atom. The van der Waals surface area contributed by atoms with Crippen molar-refractivity contribution in [3.63, 3.8) is 0 Å². The van der Waals surface area contributed by atoms with Crippen molar-refractivity contribution >= 4 is 63.9 Å². The van der Waals surface area contributed by atoms with E-state index >= 15 is 0 Å². The van der Waals surface area contributed by atoms with Gasteiger partial charge in [-0.2, -0.15) is 0 Å². The third-order valence-electron chi connectivity index (χ3n) is 5.19. The van der Waals surface area contributed by atoms with Crippen molar-refractivity contribution in [2.45, 2.75) is 59.3 Å². The second-order valence-electron chi connectivity index (χ2n) is 11.0. The molecular formula is C29H33ClN4O6S. The van der Waals surface area contributed by atoms with Crippen LogP contribution in [0, 0.1) is 0 Å². The summed E-state index contributed by atoms with van der Waals surface area (Å²) in [5.41, 5.74) is 5.92. The average molecular weight is 601 g/mol. The van der Waals surface area contributed by atoms with E-state index in [1.165, 1.54) is 24.3 Å². The molecule has 0 saturated heterocycles. The molecule has 0 radical (unpaired) electrons. The number of amides is 3. The second kappa shape index (κ2) is 12.6. The lowest BCUT2D eigenvalue weighted by atomic mass is 10.0. The van der Waals surface area contributed by atoms with Crippen LogP contribution in [-0.4, -0.2) is 35.1 Å². The summed E-state index contributed by atoms with van der Waals surface area (Å²) in [6.45, 7) is 10.4. The van der Waals surface area contributed by atoms with Crippen molar-refractivity contribution in [1.29, 1.82) is 0 Å². The minimum absolute atomic E-state index is 0.00148. The van der Waals surface area contributed by atoms with Crippen LogP contribution in [0.25, 0.3) is 0 Å². The molecule has 1 aromatic heterocycles. The van der Waals surface area contributed by atoms with Gasteiger partial charge in [-0.25, -0.2) is 9.59 Å². The molecule has 0 atom stereocenters. The maximum Gasteiger partial charge on any atom is 0.412 e.